The average molecular weight is 238 g/mol. The third-order valence-corrected chi connectivity index (χ3v) is 2.71. The Hall–Kier alpha value is -1.28. The number of aromatic nitrogens is 1. The standard InChI is InChI=1S/C7H8F2N2O3S/c1-3-5(15(10,13)14)2-4(12)6(11-3)7(8)9/h2,7,12H,1H3,(H2,10,13,14). The van der Waals surface area contributed by atoms with Crippen LogP contribution in [0.1, 0.15) is 17.8 Å². The van der Waals surface area contributed by atoms with E-state index in [9.17, 15) is 17.2 Å². The molecule has 0 radical (unpaired) electrons. The summed E-state index contributed by atoms with van der Waals surface area (Å²) in [5.41, 5.74) is -1.04. The van der Waals surface area contributed by atoms with Gasteiger partial charge in [0, 0.05) is 6.07 Å². The Morgan fingerprint density at radius 2 is 2.07 bits per heavy atom. The molecule has 0 fully saturated rings. The fourth-order valence-corrected chi connectivity index (χ4v) is 1.78. The van der Waals surface area contributed by atoms with Gasteiger partial charge in [-0.3, -0.25) is 0 Å². The van der Waals surface area contributed by atoms with Gasteiger partial charge in [0.05, 0.1) is 5.69 Å². The van der Waals surface area contributed by atoms with E-state index in [1.54, 1.807) is 0 Å². The van der Waals surface area contributed by atoms with Crippen molar-refractivity contribution in [3.05, 3.63) is 17.5 Å². The van der Waals surface area contributed by atoms with Crippen LogP contribution in [0.2, 0.25) is 0 Å². The maximum absolute atomic E-state index is 12.2. The minimum Gasteiger partial charge on any atom is -0.506 e. The summed E-state index contributed by atoms with van der Waals surface area (Å²) in [6.45, 7) is 1.21. The van der Waals surface area contributed by atoms with Crippen molar-refractivity contribution in [1.82, 2.24) is 4.98 Å². The van der Waals surface area contributed by atoms with Gasteiger partial charge in [0.2, 0.25) is 10.0 Å². The highest BCUT2D eigenvalue weighted by Gasteiger charge is 2.21. The van der Waals surface area contributed by atoms with Gasteiger partial charge >= 0.3 is 0 Å². The summed E-state index contributed by atoms with van der Waals surface area (Å²) in [4.78, 5) is 2.81. The molecule has 0 saturated carbocycles. The van der Waals surface area contributed by atoms with Gasteiger partial charge in [-0.1, -0.05) is 0 Å². The molecule has 0 aliphatic heterocycles. The van der Waals surface area contributed by atoms with Crippen molar-refractivity contribution >= 4 is 10.0 Å². The van der Waals surface area contributed by atoms with Crippen molar-refractivity contribution in [3.8, 4) is 5.75 Å². The van der Waals surface area contributed by atoms with Crippen molar-refractivity contribution in [2.45, 2.75) is 18.2 Å². The van der Waals surface area contributed by atoms with Gasteiger partial charge in [-0.25, -0.2) is 27.3 Å². The summed E-state index contributed by atoms with van der Waals surface area (Å²) in [6.07, 6.45) is -2.97. The second-order valence-corrected chi connectivity index (χ2v) is 4.35. The third-order valence-electron chi connectivity index (χ3n) is 1.69. The van der Waals surface area contributed by atoms with Crippen LogP contribution in [-0.4, -0.2) is 18.5 Å². The molecule has 8 heteroatoms. The number of hydrogen-bond acceptors (Lipinski definition) is 4. The molecule has 15 heavy (non-hydrogen) atoms. The zero-order valence-electron chi connectivity index (χ0n) is 7.61. The summed E-state index contributed by atoms with van der Waals surface area (Å²) < 4.78 is 46.3. The molecule has 0 saturated heterocycles. The Morgan fingerprint density at radius 3 is 2.47 bits per heavy atom. The second kappa shape index (κ2) is 3.70. The van der Waals surface area contributed by atoms with Crippen LogP contribution in [0.15, 0.2) is 11.0 Å². The highest BCUT2D eigenvalue weighted by atomic mass is 32.2. The zero-order chi connectivity index (χ0) is 11.8. The van der Waals surface area contributed by atoms with E-state index in [1.165, 1.54) is 6.92 Å². The number of aromatic hydroxyl groups is 1. The molecule has 5 nitrogen and oxygen atoms in total. The lowest BCUT2D eigenvalue weighted by Crippen LogP contribution is -2.15. The zero-order valence-corrected chi connectivity index (χ0v) is 8.42. The van der Waals surface area contributed by atoms with E-state index in [4.69, 9.17) is 10.2 Å². The minimum atomic E-state index is -4.07. The van der Waals surface area contributed by atoms with Gasteiger partial charge in [0.15, 0.2) is 0 Å². The van der Waals surface area contributed by atoms with Crippen molar-refractivity contribution in [2.75, 3.05) is 0 Å². The molecule has 0 aliphatic carbocycles. The molecular weight excluding hydrogens is 230 g/mol. The molecule has 1 rings (SSSR count). The second-order valence-electron chi connectivity index (χ2n) is 2.82. The highest BCUT2D eigenvalue weighted by Crippen LogP contribution is 2.29. The van der Waals surface area contributed by atoms with Crippen LogP contribution < -0.4 is 5.14 Å². The molecule has 3 N–H and O–H groups in total. The van der Waals surface area contributed by atoms with E-state index in [2.05, 4.69) is 4.98 Å². The van der Waals surface area contributed by atoms with Crippen LogP contribution in [0.4, 0.5) is 8.78 Å². The van der Waals surface area contributed by atoms with E-state index >= 15 is 0 Å². The lowest BCUT2D eigenvalue weighted by molar-refractivity contribution is 0.141. The topological polar surface area (TPSA) is 93.3 Å². The van der Waals surface area contributed by atoms with Crippen LogP contribution in [-0.2, 0) is 10.0 Å². The van der Waals surface area contributed by atoms with Gasteiger partial charge in [0.25, 0.3) is 6.43 Å². The molecule has 0 aromatic carbocycles. The van der Waals surface area contributed by atoms with E-state index in [0.29, 0.717) is 6.07 Å². The number of sulfonamides is 1. The summed E-state index contributed by atoms with van der Waals surface area (Å²) in [5.74, 6) is -0.889. The first-order valence-corrected chi connectivity index (χ1v) is 5.29. The Labute approximate surface area is 84.6 Å². The number of alkyl halides is 2. The first-order chi connectivity index (χ1) is 6.73. The van der Waals surface area contributed by atoms with Crippen molar-refractivity contribution in [3.63, 3.8) is 0 Å². The van der Waals surface area contributed by atoms with E-state index in [1.807, 2.05) is 0 Å². The fraction of sp³-hybridized carbons (Fsp3) is 0.286. The number of halogens is 2. The van der Waals surface area contributed by atoms with Gasteiger partial charge in [-0.15, -0.1) is 0 Å². The van der Waals surface area contributed by atoms with E-state index in [0.717, 1.165) is 0 Å². The number of aryl methyl sites for hydroxylation is 1. The number of primary sulfonamides is 1. The molecule has 0 spiro atoms. The lowest BCUT2D eigenvalue weighted by atomic mass is 10.3. The summed E-state index contributed by atoms with van der Waals surface area (Å²) >= 11 is 0. The van der Waals surface area contributed by atoms with Gasteiger partial charge < -0.3 is 5.11 Å². The molecule has 1 aromatic rings. The summed E-state index contributed by atoms with van der Waals surface area (Å²) in [7, 11) is -4.07. The molecule has 84 valence electrons. The molecule has 0 atom stereocenters. The minimum absolute atomic E-state index is 0.175. The first-order valence-electron chi connectivity index (χ1n) is 3.75. The van der Waals surface area contributed by atoms with Gasteiger partial charge in [-0.05, 0) is 6.92 Å². The monoisotopic (exact) mass is 238 g/mol. The summed E-state index contributed by atoms with van der Waals surface area (Å²) in [5, 5.41) is 13.9. The van der Waals surface area contributed by atoms with Crippen molar-refractivity contribution in [1.29, 1.82) is 0 Å². The van der Waals surface area contributed by atoms with E-state index < -0.39 is 32.8 Å². The molecule has 0 aliphatic rings. The Balaban J connectivity index is 3.46. The van der Waals surface area contributed by atoms with Crippen LogP contribution in [0.25, 0.3) is 0 Å². The number of nitrogens with two attached hydrogens (primary N) is 1. The highest BCUT2D eigenvalue weighted by molar-refractivity contribution is 7.89. The summed E-state index contributed by atoms with van der Waals surface area (Å²) in [6, 6.07) is 0.666. The van der Waals surface area contributed by atoms with Gasteiger partial charge in [-0.2, -0.15) is 0 Å². The largest absolute Gasteiger partial charge is 0.506 e. The van der Waals surface area contributed by atoms with Crippen LogP contribution >= 0.6 is 0 Å². The van der Waals surface area contributed by atoms with Crippen LogP contribution in [0.5, 0.6) is 5.75 Å². The maximum atomic E-state index is 12.2. The fourth-order valence-electron chi connectivity index (χ4n) is 1.04. The van der Waals surface area contributed by atoms with Crippen molar-refractivity contribution < 1.29 is 22.3 Å². The SMILES string of the molecule is Cc1nc(C(F)F)c(O)cc1S(N)(=O)=O. The Kier molecular flexibility index (Phi) is 2.91. The average Bonchev–Trinajstić information content (AvgIpc) is 2.06. The molecule has 0 amide bonds. The molecular formula is C7H8F2N2O3S. The first kappa shape index (κ1) is 11.8. The smallest absolute Gasteiger partial charge is 0.284 e. The Bertz CT molecular complexity index is 487. The molecule has 1 heterocycles. The quantitative estimate of drug-likeness (QED) is 0.792. The number of nitrogens with zero attached hydrogens (tertiary/aromatic N) is 1. The van der Waals surface area contributed by atoms with E-state index in [-0.39, 0.29) is 5.69 Å². The van der Waals surface area contributed by atoms with Gasteiger partial charge in [0.1, 0.15) is 16.3 Å². The number of hydrogen-bond donors (Lipinski definition) is 2. The predicted molar refractivity (Wildman–Crippen MR) is 47.0 cm³/mol. The third kappa shape index (κ3) is 2.39. The molecule has 1 aromatic heterocycles. The van der Waals surface area contributed by atoms with Crippen LogP contribution in [0.3, 0.4) is 0 Å². The lowest BCUT2D eigenvalue weighted by Gasteiger charge is -2.07. The van der Waals surface area contributed by atoms with Crippen LogP contribution in [0, 0.1) is 6.92 Å². The molecule has 0 unspecified atom stereocenters. The predicted octanol–water partition coefficient (Wildman–Crippen LogP) is 0.681. The Morgan fingerprint density at radius 1 is 1.53 bits per heavy atom. The normalized spacial score (nSPS) is 12.1. The number of rotatable bonds is 2. The number of pyridine rings is 1. The maximum Gasteiger partial charge on any atom is 0.284 e. The van der Waals surface area contributed by atoms with Crippen molar-refractivity contribution in [2.24, 2.45) is 5.14 Å². The molecule has 0 bridgehead atoms.